The highest BCUT2D eigenvalue weighted by molar-refractivity contribution is 9.10. The average molecular weight is 342 g/mol. The van der Waals surface area contributed by atoms with Crippen molar-refractivity contribution in [2.45, 2.75) is 20.4 Å². The Hall–Kier alpha value is -1.26. The summed E-state index contributed by atoms with van der Waals surface area (Å²) in [4.78, 5) is 12.3. The Morgan fingerprint density at radius 1 is 1.47 bits per heavy atom. The zero-order valence-electron chi connectivity index (χ0n) is 10.7. The summed E-state index contributed by atoms with van der Waals surface area (Å²) in [6.07, 6.45) is 1.88. The third-order valence-electron chi connectivity index (χ3n) is 2.90. The van der Waals surface area contributed by atoms with Gasteiger partial charge in [0.05, 0.1) is 10.7 Å². The van der Waals surface area contributed by atoms with E-state index in [1.54, 1.807) is 12.1 Å². The molecule has 0 radical (unpaired) electrons. The maximum absolute atomic E-state index is 12.3. The molecular formula is C14H14BrClN2O. The highest BCUT2D eigenvalue weighted by atomic mass is 79.9. The third-order valence-corrected chi connectivity index (χ3v) is 3.65. The number of halogens is 2. The Labute approximate surface area is 125 Å². The number of para-hydroxylation sites is 1. The Morgan fingerprint density at radius 3 is 2.84 bits per heavy atom. The summed E-state index contributed by atoms with van der Waals surface area (Å²) >= 11 is 9.49. The summed E-state index contributed by atoms with van der Waals surface area (Å²) in [6.45, 7) is 4.64. The normalized spacial score (nSPS) is 10.5. The number of hydrogen-bond acceptors (Lipinski definition) is 1. The van der Waals surface area contributed by atoms with E-state index in [9.17, 15) is 4.79 Å². The molecule has 100 valence electrons. The number of carbonyl (C=O) groups excluding carboxylic acids is 1. The van der Waals surface area contributed by atoms with Gasteiger partial charge in [0.15, 0.2) is 0 Å². The highest BCUT2D eigenvalue weighted by Gasteiger charge is 2.14. The zero-order valence-corrected chi connectivity index (χ0v) is 13.0. The van der Waals surface area contributed by atoms with Crippen LogP contribution in [-0.2, 0) is 6.54 Å². The lowest BCUT2D eigenvalue weighted by molar-refractivity contribution is 0.101. The van der Waals surface area contributed by atoms with Crippen molar-refractivity contribution < 1.29 is 4.79 Å². The van der Waals surface area contributed by atoms with E-state index in [1.165, 1.54) is 0 Å². The first-order valence-electron chi connectivity index (χ1n) is 5.95. The van der Waals surface area contributed by atoms with Crippen LogP contribution in [0.25, 0.3) is 0 Å². The predicted octanol–water partition coefficient (Wildman–Crippen LogP) is 4.48. The van der Waals surface area contributed by atoms with Gasteiger partial charge < -0.3 is 9.88 Å². The number of nitrogens with zero attached hydrogens (tertiary/aromatic N) is 1. The maximum Gasteiger partial charge on any atom is 0.272 e. The lowest BCUT2D eigenvalue weighted by atomic mass is 10.2. The molecular weight excluding hydrogens is 328 g/mol. The van der Waals surface area contributed by atoms with Crippen molar-refractivity contribution in [2.24, 2.45) is 0 Å². The summed E-state index contributed by atoms with van der Waals surface area (Å²) in [5.74, 6) is -0.163. The number of benzene rings is 1. The molecule has 2 rings (SSSR count). The van der Waals surface area contributed by atoms with Crippen molar-refractivity contribution >= 4 is 39.1 Å². The van der Waals surface area contributed by atoms with Gasteiger partial charge in [-0.05, 0) is 47.5 Å². The fourth-order valence-electron chi connectivity index (χ4n) is 1.89. The van der Waals surface area contributed by atoms with Crippen molar-refractivity contribution in [2.75, 3.05) is 5.32 Å². The summed E-state index contributed by atoms with van der Waals surface area (Å²) < 4.78 is 2.77. The van der Waals surface area contributed by atoms with Gasteiger partial charge in [-0.25, -0.2) is 0 Å². The first-order valence-corrected chi connectivity index (χ1v) is 7.12. The van der Waals surface area contributed by atoms with Gasteiger partial charge >= 0.3 is 0 Å². The fourth-order valence-corrected chi connectivity index (χ4v) is 2.63. The van der Waals surface area contributed by atoms with Gasteiger partial charge in [-0.1, -0.05) is 23.7 Å². The zero-order chi connectivity index (χ0) is 14.0. The number of aromatic nitrogens is 1. The Morgan fingerprint density at radius 2 is 2.21 bits per heavy atom. The lowest BCUT2D eigenvalue weighted by Crippen LogP contribution is -2.17. The second kappa shape index (κ2) is 5.80. The highest BCUT2D eigenvalue weighted by Crippen LogP contribution is 2.26. The monoisotopic (exact) mass is 340 g/mol. The van der Waals surface area contributed by atoms with Gasteiger partial charge in [-0.2, -0.15) is 0 Å². The molecule has 0 atom stereocenters. The van der Waals surface area contributed by atoms with Crippen molar-refractivity contribution in [1.29, 1.82) is 0 Å². The van der Waals surface area contributed by atoms with E-state index in [0.29, 0.717) is 16.4 Å². The molecule has 0 aliphatic rings. The molecule has 3 nitrogen and oxygen atoms in total. The van der Waals surface area contributed by atoms with Crippen molar-refractivity contribution in [3.05, 3.63) is 51.2 Å². The minimum atomic E-state index is -0.163. The molecule has 0 aliphatic heterocycles. The molecule has 0 fully saturated rings. The van der Waals surface area contributed by atoms with E-state index in [1.807, 2.05) is 36.7 Å². The van der Waals surface area contributed by atoms with E-state index in [2.05, 4.69) is 21.2 Å². The van der Waals surface area contributed by atoms with Crippen LogP contribution < -0.4 is 5.32 Å². The Kier molecular flexibility index (Phi) is 4.32. The van der Waals surface area contributed by atoms with E-state index in [-0.39, 0.29) is 5.91 Å². The molecule has 1 N–H and O–H groups in total. The van der Waals surface area contributed by atoms with Gasteiger partial charge in [0.2, 0.25) is 0 Å². The largest absolute Gasteiger partial charge is 0.343 e. The smallest absolute Gasteiger partial charge is 0.272 e. The van der Waals surface area contributed by atoms with Gasteiger partial charge in [-0.15, -0.1) is 0 Å². The minimum absolute atomic E-state index is 0.163. The van der Waals surface area contributed by atoms with Gasteiger partial charge in [-0.3, -0.25) is 4.79 Å². The minimum Gasteiger partial charge on any atom is -0.343 e. The summed E-state index contributed by atoms with van der Waals surface area (Å²) in [6, 6.07) is 7.33. The van der Waals surface area contributed by atoms with Crippen molar-refractivity contribution in [3.8, 4) is 0 Å². The van der Waals surface area contributed by atoms with E-state index >= 15 is 0 Å². The van der Waals surface area contributed by atoms with E-state index < -0.39 is 0 Å². The fraction of sp³-hybridized carbons (Fsp3) is 0.214. The topological polar surface area (TPSA) is 34.0 Å². The third kappa shape index (κ3) is 3.01. The summed E-state index contributed by atoms with van der Waals surface area (Å²) in [5.41, 5.74) is 2.21. The number of amides is 1. The average Bonchev–Trinajstić information content (AvgIpc) is 2.75. The number of anilines is 1. The van der Waals surface area contributed by atoms with Crippen LogP contribution in [0.2, 0.25) is 5.02 Å². The van der Waals surface area contributed by atoms with Crippen molar-refractivity contribution in [1.82, 2.24) is 4.57 Å². The number of nitrogens with one attached hydrogen (secondary N) is 1. The number of aryl methyl sites for hydroxylation is 2. The SMILES string of the molecule is CCn1cc(Br)cc1C(=O)Nc1c(C)cccc1Cl. The van der Waals surface area contributed by atoms with Crippen LogP contribution in [-0.4, -0.2) is 10.5 Å². The van der Waals surface area contributed by atoms with E-state index in [4.69, 9.17) is 11.6 Å². The van der Waals surface area contributed by atoms with Gasteiger partial charge in [0, 0.05) is 17.2 Å². The Bertz CT molecular complexity index is 602. The van der Waals surface area contributed by atoms with Gasteiger partial charge in [0.25, 0.3) is 5.91 Å². The molecule has 1 aromatic carbocycles. The maximum atomic E-state index is 12.3. The molecule has 0 saturated carbocycles. The van der Waals surface area contributed by atoms with Crippen LogP contribution >= 0.6 is 27.5 Å². The molecule has 0 bridgehead atoms. The lowest BCUT2D eigenvalue weighted by Gasteiger charge is -2.11. The molecule has 1 heterocycles. The van der Waals surface area contributed by atoms with Crippen LogP contribution in [0.5, 0.6) is 0 Å². The standard InChI is InChI=1S/C14H14BrClN2O/c1-3-18-8-10(15)7-12(18)14(19)17-13-9(2)5-4-6-11(13)16/h4-8H,3H2,1-2H3,(H,17,19). The number of rotatable bonds is 3. The first-order chi connectivity index (χ1) is 9.02. The number of hydrogen-bond donors (Lipinski definition) is 1. The molecule has 2 aromatic rings. The molecule has 5 heteroatoms. The van der Waals surface area contributed by atoms with Crippen molar-refractivity contribution in [3.63, 3.8) is 0 Å². The van der Waals surface area contributed by atoms with Gasteiger partial charge in [0.1, 0.15) is 5.69 Å². The van der Waals surface area contributed by atoms with Crippen LogP contribution in [0.15, 0.2) is 34.9 Å². The van der Waals surface area contributed by atoms with Crippen LogP contribution in [0.3, 0.4) is 0 Å². The Balaban J connectivity index is 2.31. The van der Waals surface area contributed by atoms with E-state index in [0.717, 1.165) is 16.6 Å². The number of carbonyl (C=O) groups is 1. The summed E-state index contributed by atoms with van der Waals surface area (Å²) in [5, 5.41) is 3.41. The summed E-state index contributed by atoms with van der Waals surface area (Å²) in [7, 11) is 0. The molecule has 19 heavy (non-hydrogen) atoms. The van der Waals surface area contributed by atoms with Crippen LogP contribution in [0.4, 0.5) is 5.69 Å². The second-order valence-corrected chi connectivity index (χ2v) is 5.54. The molecule has 1 amide bonds. The molecule has 1 aromatic heterocycles. The predicted molar refractivity (Wildman–Crippen MR) is 81.9 cm³/mol. The quantitative estimate of drug-likeness (QED) is 0.877. The van der Waals surface area contributed by atoms with Crippen LogP contribution in [0.1, 0.15) is 23.0 Å². The van der Waals surface area contributed by atoms with Crippen LogP contribution in [0, 0.1) is 6.92 Å². The molecule has 0 saturated heterocycles. The molecule has 0 unspecified atom stereocenters. The molecule has 0 aliphatic carbocycles. The molecule has 0 spiro atoms. The first kappa shape index (κ1) is 14.2. The second-order valence-electron chi connectivity index (χ2n) is 4.22.